The molecule has 0 radical (unpaired) electrons. The molecule has 0 fully saturated rings. The first-order chi connectivity index (χ1) is 9.26. The largest absolute Gasteiger partial charge is 0.573 e. The van der Waals surface area contributed by atoms with Crippen molar-refractivity contribution in [1.82, 2.24) is 4.98 Å². The van der Waals surface area contributed by atoms with Crippen molar-refractivity contribution in [2.45, 2.75) is 26.3 Å². The van der Waals surface area contributed by atoms with Crippen molar-refractivity contribution in [3.8, 4) is 5.75 Å². The van der Waals surface area contributed by atoms with E-state index in [0.29, 0.717) is 0 Å². The van der Waals surface area contributed by atoms with Crippen molar-refractivity contribution >= 4 is 11.8 Å². The second-order valence-electron chi connectivity index (χ2n) is 3.71. The Morgan fingerprint density at radius 3 is 2.60 bits per heavy atom. The molecule has 0 aliphatic rings. The standard InChI is InChI=1S/C11H14F3N3O3/c1-2-19-9(18)4-6-3-8(20-11(12,13)14)7(5-15)17-10(6)16/h3H,2,4-5,15H2,1H3,(H2,16,17). The summed E-state index contributed by atoms with van der Waals surface area (Å²) >= 11 is 0. The Bertz CT molecular complexity index is 492. The van der Waals surface area contributed by atoms with Crippen LogP contribution in [0.3, 0.4) is 0 Å². The zero-order chi connectivity index (χ0) is 15.3. The summed E-state index contributed by atoms with van der Waals surface area (Å²) < 4.78 is 45.3. The first-order valence-electron chi connectivity index (χ1n) is 5.66. The molecule has 20 heavy (non-hydrogen) atoms. The first-order valence-corrected chi connectivity index (χ1v) is 5.66. The van der Waals surface area contributed by atoms with Gasteiger partial charge in [-0.25, -0.2) is 4.98 Å². The van der Waals surface area contributed by atoms with Crippen molar-refractivity contribution in [1.29, 1.82) is 0 Å². The molecule has 0 spiro atoms. The minimum Gasteiger partial charge on any atom is -0.466 e. The molecule has 1 aromatic rings. The Morgan fingerprint density at radius 2 is 2.10 bits per heavy atom. The van der Waals surface area contributed by atoms with Gasteiger partial charge in [0, 0.05) is 12.1 Å². The topological polar surface area (TPSA) is 100 Å². The van der Waals surface area contributed by atoms with E-state index in [9.17, 15) is 18.0 Å². The first kappa shape index (κ1) is 16.0. The quantitative estimate of drug-likeness (QED) is 0.789. The van der Waals surface area contributed by atoms with Gasteiger partial charge in [0.25, 0.3) is 0 Å². The molecule has 6 nitrogen and oxygen atoms in total. The molecule has 1 aromatic heterocycles. The van der Waals surface area contributed by atoms with Crippen LogP contribution >= 0.6 is 0 Å². The van der Waals surface area contributed by atoms with Crippen molar-refractivity contribution < 1.29 is 27.4 Å². The second-order valence-corrected chi connectivity index (χ2v) is 3.71. The van der Waals surface area contributed by atoms with E-state index in [1.165, 1.54) is 0 Å². The maximum absolute atomic E-state index is 12.3. The number of rotatable bonds is 5. The lowest BCUT2D eigenvalue weighted by Gasteiger charge is -2.14. The van der Waals surface area contributed by atoms with Gasteiger partial charge < -0.3 is 20.9 Å². The maximum atomic E-state index is 12.3. The lowest BCUT2D eigenvalue weighted by atomic mass is 10.1. The van der Waals surface area contributed by atoms with Gasteiger partial charge in [0.1, 0.15) is 5.82 Å². The van der Waals surface area contributed by atoms with E-state index in [0.717, 1.165) is 6.07 Å². The van der Waals surface area contributed by atoms with Crippen molar-refractivity contribution in [3.63, 3.8) is 0 Å². The van der Waals surface area contributed by atoms with E-state index >= 15 is 0 Å². The number of pyridine rings is 1. The fraction of sp³-hybridized carbons (Fsp3) is 0.455. The number of hydrogen-bond donors (Lipinski definition) is 2. The van der Waals surface area contributed by atoms with Gasteiger partial charge in [0.05, 0.1) is 18.7 Å². The average molecular weight is 293 g/mol. The summed E-state index contributed by atoms with van der Waals surface area (Å²) in [7, 11) is 0. The Kier molecular flexibility index (Phi) is 5.14. The highest BCUT2D eigenvalue weighted by molar-refractivity contribution is 5.74. The van der Waals surface area contributed by atoms with Crippen LogP contribution in [-0.2, 0) is 22.5 Å². The van der Waals surface area contributed by atoms with E-state index < -0.39 is 18.1 Å². The van der Waals surface area contributed by atoms with Crippen molar-refractivity contribution in [2.75, 3.05) is 12.3 Å². The Hall–Kier alpha value is -2.03. The summed E-state index contributed by atoms with van der Waals surface area (Å²) in [5.74, 6) is -1.29. The van der Waals surface area contributed by atoms with Crippen LogP contribution in [-0.4, -0.2) is 23.9 Å². The summed E-state index contributed by atoms with van der Waals surface area (Å²) in [6, 6.07) is 0.995. The lowest BCUT2D eigenvalue weighted by molar-refractivity contribution is -0.275. The summed E-state index contributed by atoms with van der Waals surface area (Å²) in [4.78, 5) is 15.0. The van der Waals surface area contributed by atoms with Crippen LogP contribution in [0.15, 0.2) is 6.07 Å². The van der Waals surface area contributed by atoms with Crippen LogP contribution in [0.4, 0.5) is 19.0 Å². The number of ether oxygens (including phenoxy) is 2. The predicted molar refractivity (Wildman–Crippen MR) is 63.6 cm³/mol. The third-order valence-corrected chi connectivity index (χ3v) is 2.23. The number of esters is 1. The number of anilines is 1. The molecule has 0 saturated heterocycles. The van der Waals surface area contributed by atoms with Crippen molar-refractivity contribution in [2.24, 2.45) is 5.73 Å². The molecule has 0 bridgehead atoms. The lowest BCUT2D eigenvalue weighted by Crippen LogP contribution is -2.20. The molecule has 0 atom stereocenters. The van der Waals surface area contributed by atoms with Gasteiger partial charge in [-0.05, 0) is 13.0 Å². The summed E-state index contributed by atoms with van der Waals surface area (Å²) in [5, 5.41) is 0. The zero-order valence-electron chi connectivity index (χ0n) is 10.7. The van der Waals surface area contributed by atoms with Gasteiger partial charge in [-0.3, -0.25) is 4.79 Å². The van der Waals surface area contributed by atoms with E-state index in [-0.39, 0.29) is 36.6 Å². The number of aromatic nitrogens is 1. The zero-order valence-corrected chi connectivity index (χ0v) is 10.7. The summed E-state index contributed by atoms with van der Waals surface area (Å²) in [6.45, 7) is 1.48. The van der Waals surface area contributed by atoms with Crippen LogP contribution in [0.5, 0.6) is 5.75 Å². The molecule has 0 aromatic carbocycles. The molecular formula is C11H14F3N3O3. The second kappa shape index (κ2) is 6.42. The summed E-state index contributed by atoms with van der Waals surface area (Å²) in [5.41, 5.74) is 10.8. The van der Waals surface area contributed by atoms with Gasteiger partial charge in [0.15, 0.2) is 5.75 Å². The summed E-state index contributed by atoms with van der Waals surface area (Å²) in [6.07, 6.45) is -5.19. The minimum absolute atomic E-state index is 0.0832. The van der Waals surface area contributed by atoms with E-state index in [1.54, 1.807) is 6.92 Å². The Morgan fingerprint density at radius 1 is 1.45 bits per heavy atom. The van der Waals surface area contributed by atoms with E-state index in [1.807, 2.05) is 0 Å². The van der Waals surface area contributed by atoms with Crippen LogP contribution in [0.2, 0.25) is 0 Å². The molecule has 0 saturated carbocycles. The van der Waals surface area contributed by atoms with Gasteiger partial charge in [-0.2, -0.15) is 0 Å². The Labute approximate surface area is 112 Å². The number of nitrogens with zero attached hydrogens (tertiary/aromatic N) is 1. The van der Waals surface area contributed by atoms with Gasteiger partial charge >= 0.3 is 12.3 Å². The average Bonchev–Trinajstić information content (AvgIpc) is 2.31. The van der Waals surface area contributed by atoms with E-state index in [2.05, 4.69) is 14.5 Å². The Balaban J connectivity index is 3.07. The third kappa shape index (κ3) is 4.57. The number of carbonyl (C=O) groups is 1. The molecule has 1 rings (SSSR count). The highest BCUT2D eigenvalue weighted by atomic mass is 19.4. The molecule has 0 unspecified atom stereocenters. The third-order valence-electron chi connectivity index (χ3n) is 2.23. The minimum atomic E-state index is -4.89. The number of halogens is 3. The molecule has 9 heteroatoms. The number of nitrogens with two attached hydrogens (primary N) is 2. The smallest absolute Gasteiger partial charge is 0.466 e. The fourth-order valence-corrected chi connectivity index (χ4v) is 1.46. The number of carbonyl (C=O) groups excluding carboxylic acids is 1. The van der Waals surface area contributed by atoms with Crippen molar-refractivity contribution in [3.05, 3.63) is 17.3 Å². The predicted octanol–water partition coefficient (Wildman–Crippen LogP) is 1.13. The molecule has 112 valence electrons. The molecule has 0 amide bonds. The molecule has 0 aliphatic heterocycles. The van der Waals surface area contributed by atoms with Gasteiger partial charge in [-0.15, -0.1) is 13.2 Å². The number of alkyl halides is 3. The molecule has 4 N–H and O–H groups in total. The number of nitrogen functional groups attached to an aromatic ring is 1. The molecular weight excluding hydrogens is 279 g/mol. The van der Waals surface area contributed by atoms with Crippen LogP contribution in [0, 0.1) is 0 Å². The highest BCUT2D eigenvalue weighted by Crippen LogP contribution is 2.28. The molecule has 0 aliphatic carbocycles. The van der Waals surface area contributed by atoms with Crippen LogP contribution < -0.4 is 16.2 Å². The van der Waals surface area contributed by atoms with Gasteiger partial charge in [0.2, 0.25) is 0 Å². The van der Waals surface area contributed by atoms with Gasteiger partial charge in [-0.1, -0.05) is 0 Å². The number of hydrogen-bond acceptors (Lipinski definition) is 6. The SMILES string of the molecule is CCOC(=O)Cc1cc(OC(F)(F)F)c(CN)nc1N. The maximum Gasteiger partial charge on any atom is 0.573 e. The normalized spacial score (nSPS) is 11.2. The fourth-order valence-electron chi connectivity index (χ4n) is 1.46. The van der Waals surface area contributed by atoms with E-state index in [4.69, 9.17) is 11.5 Å². The molecule has 1 heterocycles. The monoisotopic (exact) mass is 293 g/mol. The van der Waals surface area contributed by atoms with Crippen LogP contribution in [0.1, 0.15) is 18.2 Å². The highest BCUT2D eigenvalue weighted by Gasteiger charge is 2.32. The van der Waals surface area contributed by atoms with Crippen LogP contribution in [0.25, 0.3) is 0 Å².